The van der Waals surface area contributed by atoms with Gasteiger partial charge in [-0.3, -0.25) is 4.79 Å². The molecule has 0 aliphatic carbocycles. The molecule has 0 atom stereocenters. The van der Waals surface area contributed by atoms with E-state index >= 15 is 0 Å². The van der Waals surface area contributed by atoms with E-state index < -0.39 is 5.41 Å². The fourth-order valence-corrected chi connectivity index (χ4v) is 2.68. The molecule has 0 unspecified atom stereocenters. The fourth-order valence-electron chi connectivity index (χ4n) is 2.68. The van der Waals surface area contributed by atoms with Gasteiger partial charge in [-0.15, -0.1) is 0 Å². The SMILES string of the molecule is COc1ccc(C2(C(=O)NC(C)C)CCOCC2)cc1. The summed E-state index contributed by atoms with van der Waals surface area (Å²) >= 11 is 0. The first-order valence-electron chi connectivity index (χ1n) is 7.12. The van der Waals surface area contributed by atoms with Gasteiger partial charge in [0.25, 0.3) is 0 Å². The van der Waals surface area contributed by atoms with E-state index in [0.717, 1.165) is 24.2 Å². The van der Waals surface area contributed by atoms with Crippen molar-refractivity contribution in [1.29, 1.82) is 0 Å². The number of carbonyl (C=O) groups excluding carboxylic acids is 1. The van der Waals surface area contributed by atoms with Crippen molar-refractivity contribution < 1.29 is 14.3 Å². The van der Waals surface area contributed by atoms with E-state index in [0.29, 0.717) is 13.2 Å². The standard InChI is InChI=1S/C16H23NO3/c1-12(2)17-15(18)16(8-10-20-11-9-16)13-4-6-14(19-3)7-5-13/h4-7,12H,8-11H2,1-3H3,(H,17,18). The van der Waals surface area contributed by atoms with Gasteiger partial charge in [0.15, 0.2) is 0 Å². The van der Waals surface area contributed by atoms with Crippen LogP contribution in [-0.4, -0.2) is 32.3 Å². The summed E-state index contributed by atoms with van der Waals surface area (Å²) < 4.78 is 10.6. The molecular weight excluding hydrogens is 254 g/mol. The fraction of sp³-hybridized carbons (Fsp3) is 0.562. The molecule has 4 heteroatoms. The van der Waals surface area contributed by atoms with Crippen LogP contribution in [0.3, 0.4) is 0 Å². The Morgan fingerprint density at radius 2 is 1.85 bits per heavy atom. The van der Waals surface area contributed by atoms with Gasteiger partial charge in [0, 0.05) is 19.3 Å². The summed E-state index contributed by atoms with van der Waals surface area (Å²) in [7, 11) is 1.64. The molecule has 1 aromatic carbocycles. The van der Waals surface area contributed by atoms with Gasteiger partial charge < -0.3 is 14.8 Å². The lowest BCUT2D eigenvalue weighted by molar-refractivity contribution is -0.131. The number of rotatable bonds is 4. The first kappa shape index (κ1) is 14.9. The summed E-state index contributed by atoms with van der Waals surface area (Å²) in [4.78, 5) is 12.7. The third kappa shape index (κ3) is 2.96. The number of hydrogen-bond donors (Lipinski definition) is 1. The lowest BCUT2D eigenvalue weighted by Gasteiger charge is -2.37. The normalized spacial score (nSPS) is 17.8. The molecule has 1 amide bonds. The summed E-state index contributed by atoms with van der Waals surface area (Å²) in [6, 6.07) is 7.94. The molecule has 2 rings (SSSR count). The van der Waals surface area contributed by atoms with Crippen LogP contribution in [0.4, 0.5) is 0 Å². The highest BCUT2D eigenvalue weighted by Crippen LogP contribution is 2.36. The predicted octanol–water partition coefficient (Wildman–Crippen LogP) is 2.27. The van der Waals surface area contributed by atoms with Gasteiger partial charge in [-0.2, -0.15) is 0 Å². The molecule has 1 N–H and O–H groups in total. The van der Waals surface area contributed by atoms with Crippen molar-refractivity contribution in [2.75, 3.05) is 20.3 Å². The van der Waals surface area contributed by atoms with Gasteiger partial charge in [-0.25, -0.2) is 0 Å². The monoisotopic (exact) mass is 277 g/mol. The second kappa shape index (κ2) is 6.27. The van der Waals surface area contributed by atoms with Crippen molar-refractivity contribution in [3.05, 3.63) is 29.8 Å². The molecular formula is C16H23NO3. The molecule has 1 saturated heterocycles. The third-order valence-electron chi connectivity index (χ3n) is 3.84. The molecule has 1 aliphatic heterocycles. The number of nitrogens with one attached hydrogen (secondary N) is 1. The zero-order valence-corrected chi connectivity index (χ0v) is 12.4. The van der Waals surface area contributed by atoms with Crippen molar-refractivity contribution in [3.8, 4) is 5.75 Å². The topological polar surface area (TPSA) is 47.6 Å². The van der Waals surface area contributed by atoms with Crippen LogP contribution >= 0.6 is 0 Å². The second-order valence-corrected chi connectivity index (χ2v) is 5.55. The highest BCUT2D eigenvalue weighted by atomic mass is 16.5. The molecule has 0 spiro atoms. The molecule has 20 heavy (non-hydrogen) atoms. The van der Waals surface area contributed by atoms with Crippen molar-refractivity contribution in [1.82, 2.24) is 5.32 Å². The number of carbonyl (C=O) groups is 1. The van der Waals surface area contributed by atoms with E-state index in [1.165, 1.54) is 0 Å². The Balaban J connectivity index is 2.32. The summed E-state index contributed by atoms with van der Waals surface area (Å²) in [5, 5.41) is 3.05. The van der Waals surface area contributed by atoms with Crippen LogP contribution < -0.4 is 10.1 Å². The second-order valence-electron chi connectivity index (χ2n) is 5.55. The Morgan fingerprint density at radius 1 is 1.25 bits per heavy atom. The average Bonchev–Trinajstić information content (AvgIpc) is 2.47. The smallest absolute Gasteiger partial charge is 0.231 e. The van der Waals surface area contributed by atoms with Gasteiger partial charge in [0.05, 0.1) is 12.5 Å². The molecule has 1 aromatic rings. The highest BCUT2D eigenvalue weighted by Gasteiger charge is 2.41. The number of hydrogen-bond acceptors (Lipinski definition) is 3. The zero-order valence-electron chi connectivity index (χ0n) is 12.4. The Bertz CT molecular complexity index is 447. The Kier molecular flexibility index (Phi) is 4.65. The summed E-state index contributed by atoms with van der Waals surface area (Å²) in [5.74, 6) is 0.904. The maximum Gasteiger partial charge on any atom is 0.231 e. The van der Waals surface area contributed by atoms with Crippen LogP contribution in [0.15, 0.2) is 24.3 Å². The van der Waals surface area contributed by atoms with E-state index in [1.54, 1.807) is 7.11 Å². The average molecular weight is 277 g/mol. The first-order chi connectivity index (χ1) is 9.58. The van der Waals surface area contributed by atoms with Gasteiger partial charge in [-0.05, 0) is 44.4 Å². The van der Waals surface area contributed by atoms with E-state index in [9.17, 15) is 4.79 Å². The molecule has 0 bridgehead atoms. The Hall–Kier alpha value is -1.55. The van der Waals surface area contributed by atoms with Crippen LogP contribution in [-0.2, 0) is 14.9 Å². The van der Waals surface area contributed by atoms with Crippen LogP contribution in [0.25, 0.3) is 0 Å². The molecule has 1 aliphatic rings. The molecule has 110 valence electrons. The van der Waals surface area contributed by atoms with E-state index in [2.05, 4.69) is 5.32 Å². The molecule has 0 radical (unpaired) electrons. The van der Waals surface area contributed by atoms with Gasteiger partial charge in [-0.1, -0.05) is 12.1 Å². The first-order valence-corrected chi connectivity index (χ1v) is 7.12. The van der Waals surface area contributed by atoms with Crippen molar-refractivity contribution in [2.45, 2.75) is 38.1 Å². The quantitative estimate of drug-likeness (QED) is 0.918. The molecule has 0 saturated carbocycles. The number of benzene rings is 1. The summed E-state index contributed by atoms with van der Waals surface area (Å²) in [5.41, 5.74) is 0.564. The zero-order chi connectivity index (χ0) is 14.6. The maximum atomic E-state index is 12.7. The van der Waals surface area contributed by atoms with Crippen LogP contribution in [0.1, 0.15) is 32.3 Å². The minimum Gasteiger partial charge on any atom is -0.497 e. The lowest BCUT2D eigenvalue weighted by Crippen LogP contribution is -2.49. The lowest BCUT2D eigenvalue weighted by atomic mass is 9.73. The number of methoxy groups -OCH3 is 1. The van der Waals surface area contributed by atoms with E-state index in [4.69, 9.17) is 9.47 Å². The van der Waals surface area contributed by atoms with Crippen LogP contribution in [0.5, 0.6) is 5.75 Å². The van der Waals surface area contributed by atoms with Gasteiger partial charge in [0.2, 0.25) is 5.91 Å². The Morgan fingerprint density at radius 3 is 2.35 bits per heavy atom. The van der Waals surface area contributed by atoms with Crippen molar-refractivity contribution >= 4 is 5.91 Å². The van der Waals surface area contributed by atoms with Crippen molar-refractivity contribution in [3.63, 3.8) is 0 Å². The van der Waals surface area contributed by atoms with Crippen LogP contribution in [0, 0.1) is 0 Å². The Labute approximate surface area is 120 Å². The third-order valence-corrected chi connectivity index (χ3v) is 3.84. The molecule has 1 fully saturated rings. The molecule has 0 aromatic heterocycles. The van der Waals surface area contributed by atoms with E-state index in [1.807, 2.05) is 38.1 Å². The molecule has 1 heterocycles. The number of ether oxygens (including phenoxy) is 2. The van der Waals surface area contributed by atoms with Gasteiger partial charge >= 0.3 is 0 Å². The van der Waals surface area contributed by atoms with E-state index in [-0.39, 0.29) is 11.9 Å². The largest absolute Gasteiger partial charge is 0.497 e. The van der Waals surface area contributed by atoms with Crippen molar-refractivity contribution in [2.24, 2.45) is 0 Å². The maximum absolute atomic E-state index is 12.7. The molecule has 4 nitrogen and oxygen atoms in total. The van der Waals surface area contributed by atoms with Gasteiger partial charge in [0.1, 0.15) is 5.75 Å². The minimum absolute atomic E-state index is 0.0981. The summed E-state index contributed by atoms with van der Waals surface area (Å²) in [6.45, 7) is 5.22. The van der Waals surface area contributed by atoms with Crippen LogP contribution in [0.2, 0.25) is 0 Å². The predicted molar refractivity (Wildman–Crippen MR) is 78.0 cm³/mol. The minimum atomic E-state index is -0.477. The summed E-state index contributed by atoms with van der Waals surface area (Å²) in [6.07, 6.45) is 1.44. The highest BCUT2D eigenvalue weighted by molar-refractivity contribution is 5.88. The number of amides is 1.